The van der Waals surface area contributed by atoms with Gasteiger partial charge in [0.05, 0.1) is 6.10 Å². The summed E-state index contributed by atoms with van der Waals surface area (Å²) in [4.78, 5) is 18.2. The maximum atomic E-state index is 12.0. The van der Waals surface area contributed by atoms with E-state index in [2.05, 4.69) is 38.7 Å². The molecular weight excluding hydrogens is 304 g/mol. The van der Waals surface area contributed by atoms with Gasteiger partial charge in [0.15, 0.2) is 0 Å². The van der Waals surface area contributed by atoms with Gasteiger partial charge in [-0.3, -0.25) is 14.7 Å². The summed E-state index contributed by atoms with van der Waals surface area (Å²) in [6, 6.07) is 8.40. The van der Waals surface area contributed by atoms with Crippen LogP contribution in [0.1, 0.15) is 18.1 Å². The summed E-state index contributed by atoms with van der Waals surface area (Å²) in [6.45, 7) is 4.26. The van der Waals surface area contributed by atoms with E-state index in [-0.39, 0.29) is 12.5 Å². The predicted octanol–water partition coefficient (Wildman–Crippen LogP) is 0.673. The van der Waals surface area contributed by atoms with Gasteiger partial charge in [-0.05, 0) is 24.5 Å². The molecule has 1 heterocycles. The van der Waals surface area contributed by atoms with E-state index >= 15 is 0 Å². The zero-order chi connectivity index (χ0) is 17.4. The third-order valence-corrected chi connectivity index (χ3v) is 3.96. The number of rotatable bonds is 7. The molecule has 0 saturated carbocycles. The molecule has 1 atom stereocenters. The number of aliphatic hydroxyl groups excluding tert-OH is 1. The summed E-state index contributed by atoms with van der Waals surface area (Å²) in [5.41, 5.74) is 2.99. The zero-order valence-corrected chi connectivity index (χ0v) is 14.3. The summed E-state index contributed by atoms with van der Waals surface area (Å²) in [7, 11) is 1.71. The van der Waals surface area contributed by atoms with Gasteiger partial charge in [-0.25, -0.2) is 0 Å². The molecule has 1 aromatic carbocycles. The monoisotopic (exact) mass is 330 g/mol. The highest BCUT2D eigenvalue weighted by atomic mass is 16.3. The molecule has 130 valence electrons. The Kier molecular flexibility index (Phi) is 6.96. The molecule has 0 saturated heterocycles. The van der Waals surface area contributed by atoms with Crippen molar-refractivity contribution in [2.24, 2.45) is 4.99 Å². The normalized spacial score (nSPS) is 16.7. The van der Waals surface area contributed by atoms with E-state index in [1.807, 2.05) is 6.07 Å². The van der Waals surface area contributed by atoms with Gasteiger partial charge < -0.3 is 15.7 Å². The number of β-amino-alcohol motifs (C(OH)–C–C–N with tert-alkyl or cyclic N) is 1. The van der Waals surface area contributed by atoms with Crippen LogP contribution in [0.4, 0.5) is 0 Å². The highest BCUT2D eigenvalue weighted by molar-refractivity contribution is 5.94. The molecule has 0 radical (unpaired) electrons. The Bertz CT molecular complexity index is 613. The second kappa shape index (κ2) is 9.20. The first-order chi connectivity index (χ1) is 11.6. The topological polar surface area (TPSA) is 77.0 Å². The molecule has 0 aliphatic carbocycles. The highest BCUT2D eigenvalue weighted by Gasteiger charge is 2.19. The molecule has 3 N–H and O–H groups in total. The van der Waals surface area contributed by atoms with Gasteiger partial charge in [0.2, 0.25) is 0 Å². The van der Waals surface area contributed by atoms with Crippen molar-refractivity contribution < 1.29 is 9.90 Å². The number of nitrogens with one attached hydrogen (secondary N) is 2. The third-order valence-electron chi connectivity index (χ3n) is 3.96. The number of hydrogen-bond acceptors (Lipinski definition) is 5. The summed E-state index contributed by atoms with van der Waals surface area (Å²) in [5.74, 6) is -0.300. The van der Waals surface area contributed by atoms with Crippen molar-refractivity contribution in [3.05, 3.63) is 47.3 Å². The molecular formula is C18H26N4O2. The Morgan fingerprint density at radius 1 is 1.42 bits per heavy atom. The number of amides is 1. The Labute approximate surface area is 143 Å². The number of aliphatic imine (C=N–C) groups is 1. The van der Waals surface area contributed by atoms with Crippen LogP contribution in [0.5, 0.6) is 0 Å². The molecule has 0 aromatic heterocycles. The smallest absolute Gasteiger partial charge is 0.271 e. The molecule has 2 rings (SSSR count). The molecule has 1 aliphatic heterocycles. The van der Waals surface area contributed by atoms with E-state index in [4.69, 9.17) is 0 Å². The van der Waals surface area contributed by atoms with Gasteiger partial charge >= 0.3 is 0 Å². The van der Waals surface area contributed by atoms with Crippen molar-refractivity contribution in [2.45, 2.75) is 26.0 Å². The van der Waals surface area contributed by atoms with Gasteiger partial charge in [0, 0.05) is 45.6 Å². The number of nitrogens with zero attached hydrogens (tertiary/aromatic N) is 2. The van der Waals surface area contributed by atoms with E-state index < -0.39 is 6.10 Å². The maximum absolute atomic E-state index is 12.0. The van der Waals surface area contributed by atoms with Crippen molar-refractivity contribution in [2.75, 3.05) is 26.7 Å². The van der Waals surface area contributed by atoms with Crippen LogP contribution in [0.15, 0.2) is 41.2 Å². The largest absolute Gasteiger partial charge is 0.392 e. The summed E-state index contributed by atoms with van der Waals surface area (Å²) in [5, 5.41) is 15.7. The maximum Gasteiger partial charge on any atom is 0.271 e. The number of fused-ring (bicyclic) bond motifs is 1. The molecule has 1 aromatic rings. The van der Waals surface area contributed by atoms with Crippen molar-refractivity contribution in [3.8, 4) is 0 Å². The average Bonchev–Trinajstić information content (AvgIpc) is 2.59. The standard InChI is InChI=1S/C18H26N4O2/c1-3-20-17(11-19-2)18(24)21-10-16(23)13-22-9-8-14-6-4-5-7-15(14)12-22/h3-7,11,16,19,23H,8-10,12-13H2,1-2H3,(H,21,24)/b17-11-,20-3-. The van der Waals surface area contributed by atoms with Gasteiger partial charge in [-0.1, -0.05) is 24.3 Å². The van der Waals surface area contributed by atoms with E-state index in [9.17, 15) is 9.90 Å². The molecule has 6 nitrogen and oxygen atoms in total. The minimum atomic E-state index is -0.611. The van der Waals surface area contributed by atoms with Gasteiger partial charge in [0.25, 0.3) is 5.91 Å². The van der Waals surface area contributed by atoms with Crippen LogP contribution in [-0.4, -0.2) is 54.9 Å². The second-order valence-electron chi connectivity index (χ2n) is 5.82. The van der Waals surface area contributed by atoms with Crippen molar-refractivity contribution in [3.63, 3.8) is 0 Å². The quantitative estimate of drug-likeness (QED) is 0.507. The summed E-state index contributed by atoms with van der Waals surface area (Å²) >= 11 is 0. The van der Waals surface area contributed by atoms with Gasteiger partial charge in [-0.2, -0.15) is 0 Å². The Hall–Kier alpha value is -2.18. The Morgan fingerprint density at radius 2 is 2.17 bits per heavy atom. The van der Waals surface area contributed by atoms with E-state index in [1.165, 1.54) is 17.3 Å². The van der Waals surface area contributed by atoms with Crippen LogP contribution in [0.25, 0.3) is 0 Å². The average molecular weight is 330 g/mol. The predicted molar refractivity (Wildman–Crippen MR) is 95.7 cm³/mol. The summed E-state index contributed by atoms with van der Waals surface area (Å²) < 4.78 is 0. The highest BCUT2D eigenvalue weighted by Crippen LogP contribution is 2.18. The fourth-order valence-corrected chi connectivity index (χ4v) is 2.81. The molecule has 24 heavy (non-hydrogen) atoms. The van der Waals surface area contributed by atoms with Crippen LogP contribution < -0.4 is 10.6 Å². The first-order valence-corrected chi connectivity index (χ1v) is 8.25. The fourth-order valence-electron chi connectivity index (χ4n) is 2.81. The van der Waals surface area contributed by atoms with Gasteiger partial charge in [-0.15, -0.1) is 0 Å². The van der Waals surface area contributed by atoms with Crippen LogP contribution >= 0.6 is 0 Å². The van der Waals surface area contributed by atoms with Crippen molar-refractivity contribution >= 4 is 12.1 Å². The second-order valence-corrected chi connectivity index (χ2v) is 5.82. The van der Waals surface area contributed by atoms with Crippen LogP contribution in [-0.2, 0) is 17.8 Å². The summed E-state index contributed by atoms with van der Waals surface area (Å²) in [6.07, 6.45) is 3.48. The van der Waals surface area contributed by atoms with Crippen molar-refractivity contribution in [1.29, 1.82) is 0 Å². The number of carbonyl (C=O) groups excluding carboxylic acids is 1. The number of carbonyl (C=O) groups is 1. The Balaban J connectivity index is 1.80. The third kappa shape index (κ3) is 5.18. The van der Waals surface area contributed by atoms with Crippen LogP contribution in [0.3, 0.4) is 0 Å². The van der Waals surface area contributed by atoms with E-state index in [0.717, 1.165) is 19.5 Å². The van der Waals surface area contributed by atoms with Crippen molar-refractivity contribution in [1.82, 2.24) is 15.5 Å². The first kappa shape index (κ1) is 18.2. The first-order valence-electron chi connectivity index (χ1n) is 8.25. The molecule has 0 bridgehead atoms. The molecule has 1 amide bonds. The molecule has 6 heteroatoms. The Morgan fingerprint density at radius 3 is 2.88 bits per heavy atom. The van der Waals surface area contributed by atoms with Crippen LogP contribution in [0.2, 0.25) is 0 Å². The lowest BCUT2D eigenvalue weighted by Gasteiger charge is -2.30. The SMILES string of the molecule is C/C=N\C(=C/NC)C(=O)NCC(O)CN1CCc2ccccc2C1. The van der Waals surface area contributed by atoms with E-state index in [1.54, 1.807) is 20.2 Å². The zero-order valence-electron chi connectivity index (χ0n) is 14.3. The number of benzene rings is 1. The van der Waals surface area contributed by atoms with E-state index in [0.29, 0.717) is 12.2 Å². The molecule has 0 spiro atoms. The van der Waals surface area contributed by atoms with Crippen LogP contribution in [0, 0.1) is 0 Å². The lowest BCUT2D eigenvalue weighted by atomic mass is 10.00. The molecule has 1 unspecified atom stereocenters. The number of hydrogen-bond donors (Lipinski definition) is 3. The molecule has 1 aliphatic rings. The lowest BCUT2D eigenvalue weighted by molar-refractivity contribution is -0.118. The van der Waals surface area contributed by atoms with Gasteiger partial charge in [0.1, 0.15) is 5.70 Å². The molecule has 0 fully saturated rings. The minimum Gasteiger partial charge on any atom is -0.392 e. The minimum absolute atomic E-state index is 0.206. The number of aliphatic hydroxyl groups is 1. The fraction of sp³-hybridized carbons (Fsp3) is 0.444. The lowest BCUT2D eigenvalue weighted by Crippen LogP contribution is -2.42.